The van der Waals surface area contributed by atoms with Crippen LogP contribution in [-0.4, -0.2) is 17.3 Å². The summed E-state index contributed by atoms with van der Waals surface area (Å²) >= 11 is 15.0. The lowest BCUT2D eigenvalue weighted by atomic mass is 9.95. The molecule has 1 amide bonds. The Labute approximate surface area is 126 Å². The van der Waals surface area contributed by atoms with E-state index in [0.717, 1.165) is 12.8 Å². The highest BCUT2D eigenvalue weighted by Crippen LogP contribution is 2.24. The van der Waals surface area contributed by atoms with Crippen LogP contribution in [0.4, 0.5) is 0 Å². The van der Waals surface area contributed by atoms with Crippen molar-refractivity contribution in [2.75, 3.05) is 5.88 Å². The molecule has 5 heteroatoms. The van der Waals surface area contributed by atoms with Crippen LogP contribution in [0, 0.1) is 0 Å². The molecule has 0 saturated carbocycles. The molecule has 0 bridgehead atoms. The summed E-state index contributed by atoms with van der Waals surface area (Å²) in [7, 11) is 0. The second kappa shape index (κ2) is 6.78. The van der Waals surface area contributed by atoms with Gasteiger partial charge in [-0.3, -0.25) is 4.79 Å². The van der Waals surface area contributed by atoms with Crippen molar-refractivity contribution in [1.82, 2.24) is 5.32 Å². The van der Waals surface area contributed by atoms with Crippen molar-refractivity contribution in [1.29, 1.82) is 0 Å². The Balaban J connectivity index is 2.84. The normalized spacial score (nSPS) is 14.1. The SMILES string of the molecule is CCC(C)(CCCl)NC(=O)c1ccc(Cl)c(Br)c1. The third-order valence-corrected chi connectivity index (χ3v) is 4.43. The molecule has 0 heterocycles. The van der Waals surface area contributed by atoms with Gasteiger partial charge in [-0.05, 0) is 53.9 Å². The molecule has 2 nitrogen and oxygen atoms in total. The van der Waals surface area contributed by atoms with Gasteiger partial charge >= 0.3 is 0 Å². The topological polar surface area (TPSA) is 29.1 Å². The minimum atomic E-state index is -0.273. The molecule has 1 atom stereocenters. The summed E-state index contributed by atoms with van der Waals surface area (Å²) in [5, 5.41) is 3.61. The predicted molar refractivity (Wildman–Crippen MR) is 80.7 cm³/mol. The number of carbonyl (C=O) groups excluding carboxylic acids is 1. The second-order valence-electron chi connectivity index (χ2n) is 4.44. The summed E-state index contributed by atoms with van der Waals surface area (Å²) in [5.74, 6) is 0.413. The van der Waals surface area contributed by atoms with Crippen molar-refractivity contribution in [3.8, 4) is 0 Å². The molecule has 1 aromatic rings. The molecule has 1 N–H and O–H groups in total. The minimum absolute atomic E-state index is 0.109. The van der Waals surface area contributed by atoms with Gasteiger partial charge < -0.3 is 5.32 Å². The summed E-state index contributed by atoms with van der Waals surface area (Å²) in [4.78, 5) is 12.1. The van der Waals surface area contributed by atoms with E-state index in [0.29, 0.717) is 20.9 Å². The lowest BCUT2D eigenvalue weighted by molar-refractivity contribution is 0.0901. The Morgan fingerprint density at radius 3 is 2.67 bits per heavy atom. The number of alkyl halides is 1. The van der Waals surface area contributed by atoms with Gasteiger partial charge in [-0.2, -0.15) is 0 Å². The van der Waals surface area contributed by atoms with Crippen LogP contribution < -0.4 is 5.32 Å². The highest BCUT2D eigenvalue weighted by Gasteiger charge is 2.24. The first-order chi connectivity index (χ1) is 8.41. The molecule has 0 spiro atoms. The number of rotatable bonds is 5. The van der Waals surface area contributed by atoms with Crippen molar-refractivity contribution in [2.45, 2.75) is 32.2 Å². The van der Waals surface area contributed by atoms with Crippen LogP contribution in [0.25, 0.3) is 0 Å². The Bertz CT molecular complexity index is 439. The summed E-state index contributed by atoms with van der Waals surface area (Å²) in [6.07, 6.45) is 1.58. The van der Waals surface area contributed by atoms with Gasteiger partial charge in [-0.15, -0.1) is 11.6 Å². The van der Waals surface area contributed by atoms with E-state index >= 15 is 0 Å². The van der Waals surface area contributed by atoms with Gasteiger partial charge in [0.15, 0.2) is 0 Å². The zero-order chi connectivity index (χ0) is 13.8. The van der Waals surface area contributed by atoms with Crippen LogP contribution in [0.15, 0.2) is 22.7 Å². The van der Waals surface area contributed by atoms with Crippen LogP contribution in [0.5, 0.6) is 0 Å². The predicted octanol–water partition coefficient (Wildman–Crippen LogP) is 4.63. The maximum Gasteiger partial charge on any atom is 0.251 e. The van der Waals surface area contributed by atoms with Gasteiger partial charge in [0.25, 0.3) is 5.91 Å². The first-order valence-corrected chi connectivity index (χ1v) is 7.46. The highest BCUT2D eigenvalue weighted by molar-refractivity contribution is 9.10. The summed E-state index contributed by atoms with van der Waals surface area (Å²) in [5.41, 5.74) is 0.311. The number of hydrogen-bond donors (Lipinski definition) is 1. The Kier molecular flexibility index (Phi) is 5.96. The Morgan fingerprint density at radius 2 is 2.17 bits per heavy atom. The van der Waals surface area contributed by atoms with Crippen LogP contribution in [-0.2, 0) is 0 Å². The van der Waals surface area contributed by atoms with E-state index < -0.39 is 0 Å². The molecule has 0 fully saturated rings. The lowest BCUT2D eigenvalue weighted by Crippen LogP contribution is -2.45. The Morgan fingerprint density at radius 1 is 1.50 bits per heavy atom. The summed E-state index contributed by atoms with van der Waals surface area (Å²) in [6.45, 7) is 4.03. The molecule has 100 valence electrons. The van der Waals surface area contributed by atoms with Crippen LogP contribution in [0.2, 0.25) is 5.02 Å². The molecule has 0 radical (unpaired) electrons. The molecule has 0 aliphatic heterocycles. The Hall–Kier alpha value is -0.250. The average molecular weight is 353 g/mol. The fourth-order valence-corrected chi connectivity index (χ4v) is 2.43. The zero-order valence-electron chi connectivity index (χ0n) is 10.4. The highest BCUT2D eigenvalue weighted by atomic mass is 79.9. The maximum atomic E-state index is 12.1. The van der Waals surface area contributed by atoms with E-state index in [-0.39, 0.29) is 11.4 Å². The number of hydrogen-bond acceptors (Lipinski definition) is 1. The van der Waals surface area contributed by atoms with E-state index in [1.165, 1.54) is 0 Å². The molecule has 0 aliphatic carbocycles. The molecule has 1 unspecified atom stereocenters. The van der Waals surface area contributed by atoms with Crippen LogP contribution >= 0.6 is 39.1 Å². The average Bonchev–Trinajstić information content (AvgIpc) is 2.32. The molecule has 18 heavy (non-hydrogen) atoms. The van der Waals surface area contributed by atoms with E-state index in [4.69, 9.17) is 23.2 Å². The summed E-state index contributed by atoms with van der Waals surface area (Å²) < 4.78 is 0.715. The van der Waals surface area contributed by atoms with E-state index in [9.17, 15) is 4.79 Å². The first-order valence-electron chi connectivity index (χ1n) is 5.75. The van der Waals surface area contributed by atoms with E-state index in [1.54, 1.807) is 18.2 Å². The van der Waals surface area contributed by atoms with E-state index in [2.05, 4.69) is 21.2 Å². The van der Waals surface area contributed by atoms with Gasteiger partial charge in [0.05, 0.1) is 5.02 Å². The van der Waals surface area contributed by atoms with Crippen LogP contribution in [0.3, 0.4) is 0 Å². The van der Waals surface area contributed by atoms with Crippen molar-refractivity contribution in [3.63, 3.8) is 0 Å². The fraction of sp³-hybridized carbons (Fsp3) is 0.462. The van der Waals surface area contributed by atoms with Gasteiger partial charge in [0.1, 0.15) is 0 Å². The second-order valence-corrected chi connectivity index (χ2v) is 6.08. The number of amides is 1. The maximum absolute atomic E-state index is 12.1. The van der Waals surface area contributed by atoms with Crippen molar-refractivity contribution >= 4 is 45.0 Å². The summed E-state index contributed by atoms with van der Waals surface area (Å²) in [6, 6.07) is 5.12. The first kappa shape index (κ1) is 15.8. The molecule has 0 aromatic heterocycles. The molecule has 0 saturated heterocycles. The van der Waals surface area contributed by atoms with Crippen molar-refractivity contribution in [2.24, 2.45) is 0 Å². The largest absolute Gasteiger partial charge is 0.347 e. The molecular weight excluding hydrogens is 337 g/mol. The number of carbonyl (C=O) groups is 1. The molecule has 1 aromatic carbocycles. The van der Waals surface area contributed by atoms with Gasteiger partial charge in [-0.25, -0.2) is 0 Å². The van der Waals surface area contributed by atoms with Gasteiger partial charge in [0, 0.05) is 21.5 Å². The molecule has 0 aliphatic rings. The third kappa shape index (κ3) is 4.15. The number of nitrogens with one attached hydrogen (secondary N) is 1. The van der Waals surface area contributed by atoms with Gasteiger partial charge in [-0.1, -0.05) is 18.5 Å². The quantitative estimate of drug-likeness (QED) is 0.769. The van der Waals surface area contributed by atoms with Gasteiger partial charge in [0.2, 0.25) is 0 Å². The molecular formula is C13H16BrCl2NO. The standard InChI is InChI=1S/C13H16BrCl2NO/c1-3-13(2,6-7-15)17-12(18)9-4-5-11(16)10(14)8-9/h4-5,8H,3,6-7H2,1-2H3,(H,17,18). The third-order valence-electron chi connectivity index (χ3n) is 3.02. The number of halogens is 3. The monoisotopic (exact) mass is 351 g/mol. The molecule has 1 rings (SSSR count). The minimum Gasteiger partial charge on any atom is -0.347 e. The van der Waals surface area contributed by atoms with Crippen LogP contribution in [0.1, 0.15) is 37.0 Å². The smallest absolute Gasteiger partial charge is 0.251 e. The number of benzene rings is 1. The van der Waals surface area contributed by atoms with Crippen molar-refractivity contribution in [3.05, 3.63) is 33.3 Å². The zero-order valence-corrected chi connectivity index (χ0v) is 13.5. The lowest BCUT2D eigenvalue weighted by Gasteiger charge is -2.29. The fourth-order valence-electron chi connectivity index (χ4n) is 1.52. The van der Waals surface area contributed by atoms with Crippen molar-refractivity contribution < 1.29 is 4.79 Å². The van der Waals surface area contributed by atoms with E-state index in [1.807, 2.05) is 13.8 Å².